The van der Waals surface area contributed by atoms with E-state index in [1.807, 2.05) is 6.07 Å². The number of methoxy groups -OCH3 is 1. The lowest BCUT2D eigenvalue weighted by Gasteiger charge is -2.03. The first kappa shape index (κ1) is 13.6. The van der Waals surface area contributed by atoms with E-state index in [4.69, 9.17) is 4.74 Å². The second kappa shape index (κ2) is 6.38. The van der Waals surface area contributed by atoms with Crippen molar-refractivity contribution in [3.63, 3.8) is 0 Å². The molecular formula is C15H14N2O3. The first-order chi connectivity index (χ1) is 9.70. The van der Waals surface area contributed by atoms with Gasteiger partial charge in [-0.25, -0.2) is 5.43 Å². The molecule has 2 aromatic carbocycles. The molecule has 1 amide bonds. The highest BCUT2D eigenvalue weighted by Crippen LogP contribution is 2.25. The Balaban J connectivity index is 2.00. The molecule has 20 heavy (non-hydrogen) atoms. The molecule has 0 saturated carbocycles. The predicted molar refractivity (Wildman–Crippen MR) is 76.2 cm³/mol. The Morgan fingerprint density at radius 3 is 2.65 bits per heavy atom. The van der Waals surface area contributed by atoms with Crippen molar-refractivity contribution in [3.8, 4) is 11.5 Å². The molecule has 0 heterocycles. The van der Waals surface area contributed by atoms with E-state index >= 15 is 0 Å². The highest BCUT2D eigenvalue weighted by molar-refractivity contribution is 5.94. The van der Waals surface area contributed by atoms with Crippen molar-refractivity contribution in [2.24, 2.45) is 5.10 Å². The van der Waals surface area contributed by atoms with Gasteiger partial charge in [-0.1, -0.05) is 18.2 Å². The van der Waals surface area contributed by atoms with Gasteiger partial charge in [0.2, 0.25) is 0 Å². The van der Waals surface area contributed by atoms with Crippen LogP contribution >= 0.6 is 0 Å². The van der Waals surface area contributed by atoms with Gasteiger partial charge in [0.05, 0.1) is 13.3 Å². The lowest BCUT2D eigenvalue weighted by molar-refractivity contribution is 0.0955. The summed E-state index contributed by atoms with van der Waals surface area (Å²) < 4.78 is 4.94. The van der Waals surface area contributed by atoms with Crippen molar-refractivity contribution in [3.05, 3.63) is 59.7 Å². The number of carbonyl (C=O) groups is 1. The summed E-state index contributed by atoms with van der Waals surface area (Å²) in [7, 11) is 1.48. The molecule has 0 aliphatic carbocycles. The molecule has 0 radical (unpaired) electrons. The minimum atomic E-state index is -0.292. The Kier molecular flexibility index (Phi) is 4.34. The number of hydrazone groups is 1. The van der Waals surface area contributed by atoms with Crippen molar-refractivity contribution in [1.82, 2.24) is 5.43 Å². The second-order valence-corrected chi connectivity index (χ2v) is 4.00. The third kappa shape index (κ3) is 3.35. The summed E-state index contributed by atoms with van der Waals surface area (Å²) in [6.45, 7) is 0. The number of phenols is 1. The molecule has 5 nitrogen and oxygen atoms in total. The molecule has 0 aliphatic rings. The summed E-state index contributed by atoms with van der Waals surface area (Å²) in [5.41, 5.74) is 3.59. The zero-order chi connectivity index (χ0) is 14.4. The van der Waals surface area contributed by atoms with Crippen molar-refractivity contribution < 1.29 is 14.6 Å². The van der Waals surface area contributed by atoms with E-state index in [1.165, 1.54) is 19.4 Å². The molecule has 5 heteroatoms. The quantitative estimate of drug-likeness (QED) is 0.660. The number of nitrogens with one attached hydrogen (secondary N) is 1. The predicted octanol–water partition coefficient (Wildman–Crippen LogP) is 2.16. The summed E-state index contributed by atoms with van der Waals surface area (Å²) in [4.78, 5) is 11.7. The SMILES string of the molecule is COc1ccc(C=NNC(=O)c2ccccc2)cc1O. The molecule has 0 unspecified atom stereocenters. The van der Waals surface area contributed by atoms with E-state index in [1.54, 1.807) is 36.4 Å². The van der Waals surface area contributed by atoms with Crippen LogP contribution in [0.5, 0.6) is 11.5 Å². The van der Waals surface area contributed by atoms with Gasteiger partial charge in [0.25, 0.3) is 5.91 Å². The maximum absolute atomic E-state index is 11.7. The molecule has 0 saturated heterocycles. The van der Waals surface area contributed by atoms with Crippen molar-refractivity contribution in [2.45, 2.75) is 0 Å². The van der Waals surface area contributed by atoms with Gasteiger partial charge >= 0.3 is 0 Å². The lowest BCUT2D eigenvalue weighted by atomic mass is 10.2. The number of aromatic hydroxyl groups is 1. The first-order valence-corrected chi connectivity index (χ1v) is 5.96. The number of benzene rings is 2. The average molecular weight is 270 g/mol. The number of phenolic OH excluding ortho intramolecular Hbond substituents is 1. The highest BCUT2D eigenvalue weighted by Gasteiger charge is 2.03. The van der Waals surface area contributed by atoms with Gasteiger partial charge in [0.15, 0.2) is 11.5 Å². The molecule has 0 bridgehead atoms. The number of hydrogen-bond donors (Lipinski definition) is 2. The van der Waals surface area contributed by atoms with E-state index < -0.39 is 0 Å². The largest absolute Gasteiger partial charge is 0.504 e. The fourth-order valence-electron chi connectivity index (χ4n) is 1.61. The molecular weight excluding hydrogens is 256 g/mol. The zero-order valence-electron chi connectivity index (χ0n) is 10.9. The molecule has 2 rings (SSSR count). The third-order valence-electron chi connectivity index (χ3n) is 2.62. The van der Waals surface area contributed by atoms with Gasteiger partial charge in [-0.2, -0.15) is 5.10 Å². The van der Waals surface area contributed by atoms with Crippen LogP contribution in [0.4, 0.5) is 0 Å². The summed E-state index contributed by atoms with van der Waals surface area (Å²) >= 11 is 0. The van der Waals surface area contributed by atoms with Crippen LogP contribution in [0.2, 0.25) is 0 Å². The summed E-state index contributed by atoms with van der Waals surface area (Å²) in [5, 5.41) is 13.4. The van der Waals surface area contributed by atoms with Gasteiger partial charge in [0.1, 0.15) is 0 Å². The normalized spacial score (nSPS) is 10.4. The number of hydrogen-bond acceptors (Lipinski definition) is 4. The minimum Gasteiger partial charge on any atom is -0.504 e. The van der Waals surface area contributed by atoms with Crippen molar-refractivity contribution in [2.75, 3.05) is 7.11 Å². The van der Waals surface area contributed by atoms with Crippen molar-refractivity contribution >= 4 is 12.1 Å². The fourth-order valence-corrected chi connectivity index (χ4v) is 1.61. The van der Waals surface area contributed by atoms with E-state index in [9.17, 15) is 9.90 Å². The standard InChI is InChI=1S/C15H14N2O3/c1-20-14-8-7-11(9-13(14)18)10-16-17-15(19)12-5-3-2-4-6-12/h2-10,18H,1H3,(H,17,19). The van der Waals surface area contributed by atoms with E-state index in [2.05, 4.69) is 10.5 Å². The van der Waals surface area contributed by atoms with E-state index in [-0.39, 0.29) is 11.7 Å². The number of nitrogens with zero attached hydrogens (tertiary/aromatic N) is 1. The molecule has 2 aromatic rings. The van der Waals surface area contributed by atoms with Gasteiger partial charge in [-0.3, -0.25) is 4.79 Å². The third-order valence-corrected chi connectivity index (χ3v) is 2.62. The monoisotopic (exact) mass is 270 g/mol. The number of rotatable bonds is 4. The highest BCUT2D eigenvalue weighted by atomic mass is 16.5. The zero-order valence-corrected chi connectivity index (χ0v) is 10.9. The van der Waals surface area contributed by atoms with Crippen LogP contribution in [0, 0.1) is 0 Å². The Labute approximate surface area is 116 Å². The number of ether oxygens (including phenoxy) is 1. The van der Waals surface area contributed by atoms with Crippen molar-refractivity contribution in [1.29, 1.82) is 0 Å². The van der Waals surface area contributed by atoms with Crippen LogP contribution in [0.15, 0.2) is 53.6 Å². The lowest BCUT2D eigenvalue weighted by Crippen LogP contribution is -2.17. The molecule has 0 spiro atoms. The Hall–Kier alpha value is -2.82. The average Bonchev–Trinajstić information content (AvgIpc) is 2.48. The summed E-state index contributed by atoms with van der Waals surface area (Å²) in [6.07, 6.45) is 1.44. The molecule has 0 aliphatic heterocycles. The van der Waals surface area contributed by atoms with Crippen LogP contribution in [0.3, 0.4) is 0 Å². The number of amides is 1. The van der Waals surface area contributed by atoms with Crippen LogP contribution in [-0.4, -0.2) is 24.3 Å². The maximum atomic E-state index is 11.7. The van der Waals surface area contributed by atoms with Gasteiger partial charge in [0, 0.05) is 5.56 Å². The van der Waals surface area contributed by atoms with Crippen LogP contribution < -0.4 is 10.2 Å². The van der Waals surface area contributed by atoms with Crippen LogP contribution in [0.25, 0.3) is 0 Å². The first-order valence-electron chi connectivity index (χ1n) is 5.96. The second-order valence-electron chi connectivity index (χ2n) is 4.00. The molecule has 102 valence electrons. The Morgan fingerprint density at radius 2 is 2.00 bits per heavy atom. The smallest absolute Gasteiger partial charge is 0.271 e. The summed E-state index contributed by atoms with van der Waals surface area (Å²) in [5.74, 6) is 0.112. The van der Waals surface area contributed by atoms with Crippen LogP contribution in [0.1, 0.15) is 15.9 Å². The maximum Gasteiger partial charge on any atom is 0.271 e. The molecule has 0 atom stereocenters. The molecule has 0 fully saturated rings. The van der Waals surface area contributed by atoms with E-state index in [0.29, 0.717) is 16.9 Å². The molecule has 0 aromatic heterocycles. The van der Waals surface area contributed by atoms with Gasteiger partial charge in [-0.15, -0.1) is 0 Å². The Bertz CT molecular complexity index is 624. The van der Waals surface area contributed by atoms with E-state index in [0.717, 1.165) is 0 Å². The van der Waals surface area contributed by atoms with Gasteiger partial charge in [-0.05, 0) is 35.9 Å². The van der Waals surface area contributed by atoms with Gasteiger partial charge < -0.3 is 9.84 Å². The van der Waals surface area contributed by atoms with Crippen LogP contribution in [-0.2, 0) is 0 Å². The topological polar surface area (TPSA) is 70.9 Å². The number of carbonyl (C=O) groups excluding carboxylic acids is 1. The fraction of sp³-hybridized carbons (Fsp3) is 0.0667. The molecule has 2 N–H and O–H groups in total. The Morgan fingerprint density at radius 1 is 1.25 bits per heavy atom. The minimum absolute atomic E-state index is 0.0193. The summed E-state index contributed by atoms with van der Waals surface area (Å²) in [6, 6.07) is 13.6.